The van der Waals surface area contributed by atoms with E-state index in [1.807, 2.05) is 0 Å². The van der Waals surface area contributed by atoms with Gasteiger partial charge in [-0.25, -0.2) is 0 Å². The normalized spacial score (nSPS) is 12.3. The quantitative estimate of drug-likeness (QED) is 0.0263. The Morgan fingerprint density at radius 2 is 0.610 bits per heavy atom. The van der Waals surface area contributed by atoms with Crippen molar-refractivity contribution < 1.29 is 28.6 Å². The highest BCUT2D eigenvalue weighted by Gasteiger charge is 2.19. The van der Waals surface area contributed by atoms with Gasteiger partial charge in [0.15, 0.2) is 6.10 Å². The molecule has 0 aliphatic carbocycles. The summed E-state index contributed by atoms with van der Waals surface area (Å²) in [6, 6.07) is 0. The van der Waals surface area contributed by atoms with Crippen molar-refractivity contribution in [2.45, 2.75) is 271 Å². The molecule has 0 aromatic heterocycles. The Labute approximate surface area is 365 Å². The highest BCUT2D eigenvalue weighted by atomic mass is 16.6. The predicted molar refractivity (Wildman–Crippen MR) is 252 cm³/mol. The largest absolute Gasteiger partial charge is 0.462 e. The van der Waals surface area contributed by atoms with Crippen molar-refractivity contribution in [3.05, 3.63) is 36.5 Å². The molecule has 0 aliphatic rings. The van der Waals surface area contributed by atoms with Crippen LogP contribution in [0.1, 0.15) is 265 Å². The van der Waals surface area contributed by atoms with Crippen molar-refractivity contribution in [3.8, 4) is 0 Å². The maximum Gasteiger partial charge on any atom is 0.306 e. The van der Waals surface area contributed by atoms with Crippen LogP contribution in [0.4, 0.5) is 0 Å². The second-order valence-electron chi connectivity index (χ2n) is 17.1. The molecule has 0 fully saturated rings. The summed E-state index contributed by atoms with van der Waals surface area (Å²) in [4.78, 5) is 37.4. The van der Waals surface area contributed by atoms with Gasteiger partial charge in [0.2, 0.25) is 0 Å². The fourth-order valence-electron chi connectivity index (χ4n) is 7.27. The molecule has 6 heteroatoms. The molecule has 59 heavy (non-hydrogen) atoms. The molecule has 1 atom stereocenters. The summed E-state index contributed by atoms with van der Waals surface area (Å²) in [5.74, 6) is -0.886. The van der Waals surface area contributed by atoms with Gasteiger partial charge in [0.05, 0.1) is 0 Å². The van der Waals surface area contributed by atoms with Crippen LogP contribution in [-0.4, -0.2) is 37.2 Å². The number of carbonyl (C=O) groups excluding carboxylic acids is 3. The summed E-state index contributed by atoms with van der Waals surface area (Å²) >= 11 is 0. The fraction of sp³-hybridized carbons (Fsp3) is 0.830. The van der Waals surface area contributed by atoms with Gasteiger partial charge in [-0.05, 0) is 57.8 Å². The number of ether oxygens (including phenoxy) is 3. The first kappa shape index (κ1) is 56.6. The van der Waals surface area contributed by atoms with E-state index < -0.39 is 6.10 Å². The molecule has 0 radical (unpaired) electrons. The number of esters is 3. The van der Waals surface area contributed by atoms with Crippen LogP contribution in [0.15, 0.2) is 36.5 Å². The first-order valence-electron chi connectivity index (χ1n) is 25.5. The zero-order valence-corrected chi connectivity index (χ0v) is 39.3. The van der Waals surface area contributed by atoms with Crippen molar-refractivity contribution in [1.82, 2.24) is 0 Å². The van der Waals surface area contributed by atoms with Crippen LogP contribution in [0.5, 0.6) is 0 Å². The van der Waals surface area contributed by atoms with E-state index in [0.29, 0.717) is 19.3 Å². The molecule has 1 unspecified atom stereocenters. The predicted octanol–water partition coefficient (Wildman–Crippen LogP) is 16.5. The van der Waals surface area contributed by atoms with E-state index in [9.17, 15) is 14.4 Å². The Bertz CT molecular complexity index is 1000. The van der Waals surface area contributed by atoms with Crippen molar-refractivity contribution in [2.24, 2.45) is 0 Å². The number of hydrogen-bond acceptors (Lipinski definition) is 6. The first-order valence-corrected chi connectivity index (χ1v) is 25.5. The maximum atomic E-state index is 12.5. The standard InChI is InChI=1S/C53H96O6/c1-4-7-10-13-16-17-18-19-20-21-22-23-24-25-26-27-28-29-30-31-32-33-34-35-36-37-38-41-43-46-52(55)58-49-50(59-53(56)47-44-40-15-12-9-6-3)48-57-51(54)45-42-39-14-11-8-5-2/h18-19,21-22,24-25,50H,4-17,20,23,26-49H2,1-3H3/b19-18-,22-21-,25-24-. The lowest BCUT2D eigenvalue weighted by molar-refractivity contribution is -0.167. The van der Waals surface area contributed by atoms with Gasteiger partial charge in [-0.1, -0.05) is 224 Å². The van der Waals surface area contributed by atoms with E-state index in [1.165, 1.54) is 154 Å². The molecular weight excluding hydrogens is 733 g/mol. The number of carbonyl (C=O) groups is 3. The lowest BCUT2D eigenvalue weighted by Gasteiger charge is -2.18. The lowest BCUT2D eigenvalue weighted by atomic mass is 10.0. The Balaban J connectivity index is 3.87. The second kappa shape index (κ2) is 48.3. The summed E-state index contributed by atoms with van der Waals surface area (Å²) in [6.45, 7) is 6.51. The van der Waals surface area contributed by atoms with E-state index in [1.54, 1.807) is 0 Å². The van der Waals surface area contributed by atoms with Gasteiger partial charge in [0.1, 0.15) is 13.2 Å². The second-order valence-corrected chi connectivity index (χ2v) is 17.1. The average molecular weight is 829 g/mol. The molecule has 0 heterocycles. The van der Waals surface area contributed by atoms with E-state index in [4.69, 9.17) is 14.2 Å². The number of rotatable bonds is 46. The fourth-order valence-corrected chi connectivity index (χ4v) is 7.27. The van der Waals surface area contributed by atoms with Gasteiger partial charge in [-0.3, -0.25) is 14.4 Å². The summed E-state index contributed by atoms with van der Waals surface area (Å²) in [7, 11) is 0. The van der Waals surface area contributed by atoms with Gasteiger partial charge < -0.3 is 14.2 Å². The molecule has 0 spiro atoms. The van der Waals surface area contributed by atoms with Crippen molar-refractivity contribution in [1.29, 1.82) is 0 Å². The van der Waals surface area contributed by atoms with Gasteiger partial charge >= 0.3 is 17.9 Å². The molecular formula is C53H96O6. The third-order valence-corrected chi connectivity index (χ3v) is 11.1. The molecule has 0 aliphatic heterocycles. The average Bonchev–Trinajstić information content (AvgIpc) is 3.23. The van der Waals surface area contributed by atoms with Gasteiger partial charge in [0, 0.05) is 19.3 Å². The van der Waals surface area contributed by atoms with Crippen LogP contribution >= 0.6 is 0 Å². The maximum absolute atomic E-state index is 12.5. The third kappa shape index (κ3) is 46.5. The summed E-state index contributed by atoms with van der Waals surface area (Å²) in [6.07, 6.45) is 56.3. The van der Waals surface area contributed by atoms with Crippen molar-refractivity contribution >= 4 is 17.9 Å². The Morgan fingerprint density at radius 3 is 0.949 bits per heavy atom. The number of allylic oxidation sites excluding steroid dienone is 6. The molecule has 0 saturated heterocycles. The molecule has 0 amide bonds. The third-order valence-electron chi connectivity index (χ3n) is 11.1. The SMILES string of the molecule is CCCCCCC/C=C\C/C=C\C/C=C\CCCCCCCCCCCCCCCCC(=O)OCC(COC(=O)CCCCCCCC)OC(=O)CCCCCCCC. The summed E-state index contributed by atoms with van der Waals surface area (Å²) < 4.78 is 16.6. The minimum absolute atomic E-state index is 0.0702. The zero-order chi connectivity index (χ0) is 43.0. The topological polar surface area (TPSA) is 78.9 Å². The monoisotopic (exact) mass is 829 g/mol. The van der Waals surface area contributed by atoms with Crippen LogP contribution in [0, 0.1) is 0 Å². The van der Waals surface area contributed by atoms with Gasteiger partial charge in [-0.2, -0.15) is 0 Å². The lowest BCUT2D eigenvalue weighted by Crippen LogP contribution is -2.30. The Morgan fingerprint density at radius 1 is 0.339 bits per heavy atom. The first-order chi connectivity index (χ1) is 29.0. The highest BCUT2D eigenvalue weighted by Crippen LogP contribution is 2.15. The molecule has 0 aromatic rings. The smallest absolute Gasteiger partial charge is 0.306 e. The summed E-state index contributed by atoms with van der Waals surface area (Å²) in [5.41, 5.74) is 0. The van der Waals surface area contributed by atoms with E-state index >= 15 is 0 Å². The van der Waals surface area contributed by atoms with Crippen LogP contribution in [0.2, 0.25) is 0 Å². The molecule has 6 nitrogen and oxygen atoms in total. The van der Waals surface area contributed by atoms with Crippen LogP contribution in [0.3, 0.4) is 0 Å². The summed E-state index contributed by atoms with van der Waals surface area (Å²) in [5, 5.41) is 0. The molecule has 0 rings (SSSR count). The molecule has 0 aromatic carbocycles. The van der Waals surface area contributed by atoms with E-state index in [0.717, 1.165) is 70.6 Å². The molecule has 344 valence electrons. The van der Waals surface area contributed by atoms with Crippen molar-refractivity contribution in [3.63, 3.8) is 0 Å². The van der Waals surface area contributed by atoms with Gasteiger partial charge in [-0.15, -0.1) is 0 Å². The van der Waals surface area contributed by atoms with Gasteiger partial charge in [0.25, 0.3) is 0 Å². The van der Waals surface area contributed by atoms with Crippen LogP contribution < -0.4 is 0 Å². The number of unbranched alkanes of at least 4 members (excludes halogenated alkanes) is 29. The van der Waals surface area contributed by atoms with Crippen molar-refractivity contribution in [2.75, 3.05) is 13.2 Å². The number of hydrogen-bond donors (Lipinski definition) is 0. The zero-order valence-electron chi connectivity index (χ0n) is 39.3. The van der Waals surface area contributed by atoms with E-state index in [-0.39, 0.29) is 31.1 Å². The molecule has 0 bridgehead atoms. The van der Waals surface area contributed by atoms with Crippen LogP contribution in [0.25, 0.3) is 0 Å². The minimum Gasteiger partial charge on any atom is -0.462 e. The Hall–Kier alpha value is -2.37. The Kier molecular flexibility index (Phi) is 46.4. The minimum atomic E-state index is -0.761. The van der Waals surface area contributed by atoms with E-state index in [2.05, 4.69) is 57.2 Å². The molecule has 0 saturated carbocycles. The molecule has 0 N–H and O–H groups in total. The highest BCUT2D eigenvalue weighted by molar-refractivity contribution is 5.71. The van der Waals surface area contributed by atoms with Crippen LogP contribution in [-0.2, 0) is 28.6 Å².